The molecule has 108 valence electrons. The number of hydrogen-bond acceptors (Lipinski definition) is 6. The zero-order valence-corrected chi connectivity index (χ0v) is 12.4. The summed E-state index contributed by atoms with van der Waals surface area (Å²) in [5.74, 6) is -0.511. The van der Waals surface area contributed by atoms with Crippen LogP contribution in [0.5, 0.6) is 0 Å². The lowest BCUT2D eigenvalue weighted by molar-refractivity contribution is 0.0529. The highest BCUT2D eigenvalue weighted by Gasteiger charge is 2.23. The minimum absolute atomic E-state index is 0.177. The second-order valence-corrected chi connectivity index (χ2v) is 5.24. The van der Waals surface area contributed by atoms with E-state index in [-0.39, 0.29) is 17.9 Å². The number of thiophene rings is 1. The Morgan fingerprint density at radius 3 is 2.76 bits per heavy atom. The molecule has 0 aliphatic heterocycles. The molecule has 6 heteroatoms. The molecular formula is C15H15N3O2S. The maximum Gasteiger partial charge on any atom is 0.343 e. The van der Waals surface area contributed by atoms with Crippen LogP contribution in [0.1, 0.15) is 27.7 Å². The van der Waals surface area contributed by atoms with E-state index in [1.165, 1.54) is 0 Å². The summed E-state index contributed by atoms with van der Waals surface area (Å²) in [4.78, 5) is 12.3. The smallest absolute Gasteiger partial charge is 0.343 e. The van der Waals surface area contributed by atoms with Crippen molar-refractivity contribution in [2.75, 3.05) is 17.7 Å². The van der Waals surface area contributed by atoms with Gasteiger partial charge in [-0.1, -0.05) is 30.3 Å². The topological polar surface area (TPSA) is 88.1 Å². The normalized spacial score (nSPS) is 9.90. The number of nitrogen functional groups attached to an aromatic ring is 1. The van der Waals surface area contributed by atoms with E-state index in [1.54, 1.807) is 6.92 Å². The molecule has 0 atom stereocenters. The maximum absolute atomic E-state index is 12.0. The second kappa shape index (κ2) is 6.77. The molecule has 2 rings (SSSR count). The predicted octanol–water partition coefficient (Wildman–Crippen LogP) is 2.99. The molecule has 0 unspecified atom stereocenters. The molecule has 0 bridgehead atoms. The Balaban J connectivity index is 2.26. The summed E-state index contributed by atoms with van der Waals surface area (Å²) in [6.07, 6.45) is 0. The fraction of sp³-hybridized carbons (Fsp3) is 0.200. The number of ether oxygens (including phenoxy) is 1. The molecule has 0 radical (unpaired) electrons. The zero-order valence-electron chi connectivity index (χ0n) is 11.6. The van der Waals surface area contributed by atoms with Crippen molar-refractivity contribution in [3.63, 3.8) is 0 Å². The van der Waals surface area contributed by atoms with Crippen molar-refractivity contribution in [2.24, 2.45) is 0 Å². The number of nitriles is 1. The largest absolute Gasteiger partial charge is 0.462 e. The standard InChI is InChI=1S/C15H15N3O2S/c1-2-20-15(19)12-13(17)11(8-16)21-14(12)18-9-10-6-4-3-5-7-10/h3-7,18H,2,9,17H2,1H3. The molecule has 0 spiro atoms. The Kier molecular flexibility index (Phi) is 4.80. The summed E-state index contributed by atoms with van der Waals surface area (Å²) < 4.78 is 5.00. The SMILES string of the molecule is CCOC(=O)c1c(NCc2ccccc2)sc(C#N)c1N. The number of nitrogens with two attached hydrogens (primary N) is 1. The summed E-state index contributed by atoms with van der Waals surface area (Å²) in [5, 5.41) is 12.8. The van der Waals surface area contributed by atoms with Crippen LogP contribution in [0.25, 0.3) is 0 Å². The molecule has 21 heavy (non-hydrogen) atoms. The second-order valence-electron chi connectivity index (χ2n) is 4.22. The maximum atomic E-state index is 12.0. The number of carbonyl (C=O) groups excluding carboxylic acids is 1. The Morgan fingerprint density at radius 2 is 2.14 bits per heavy atom. The minimum atomic E-state index is -0.511. The predicted molar refractivity (Wildman–Crippen MR) is 83.2 cm³/mol. The number of nitrogens with zero attached hydrogens (tertiary/aromatic N) is 1. The van der Waals surface area contributed by atoms with E-state index < -0.39 is 5.97 Å². The van der Waals surface area contributed by atoms with Gasteiger partial charge in [-0.2, -0.15) is 5.26 Å². The van der Waals surface area contributed by atoms with E-state index in [4.69, 9.17) is 15.7 Å². The van der Waals surface area contributed by atoms with Crippen LogP contribution >= 0.6 is 11.3 Å². The Hall–Kier alpha value is -2.52. The first-order valence-corrected chi connectivity index (χ1v) is 7.26. The Bertz CT molecular complexity index is 674. The van der Waals surface area contributed by atoms with Gasteiger partial charge < -0.3 is 15.8 Å². The van der Waals surface area contributed by atoms with Gasteiger partial charge in [0.2, 0.25) is 0 Å². The lowest BCUT2D eigenvalue weighted by Gasteiger charge is -2.07. The van der Waals surface area contributed by atoms with Gasteiger partial charge in [-0.15, -0.1) is 11.3 Å². The number of rotatable bonds is 5. The van der Waals surface area contributed by atoms with E-state index in [1.807, 2.05) is 36.4 Å². The summed E-state index contributed by atoms with van der Waals surface area (Å²) >= 11 is 1.16. The molecule has 0 amide bonds. The van der Waals surface area contributed by atoms with Crippen LogP contribution in [0.4, 0.5) is 10.7 Å². The van der Waals surface area contributed by atoms with Gasteiger partial charge in [0.25, 0.3) is 0 Å². The van der Waals surface area contributed by atoms with E-state index in [9.17, 15) is 4.79 Å². The van der Waals surface area contributed by atoms with Crippen molar-refractivity contribution in [3.8, 4) is 6.07 Å². The van der Waals surface area contributed by atoms with Gasteiger partial charge in [0, 0.05) is 6.54 Å². The van der Waals surface area contributed by atoms with Crippen molar-refractivity contribution >= 4 is 28.0 Å². The Labute approximate surface area is 127 Å². The van der Waals surface area contributed by atoms with E-state index in [0.717, 1.165) is 16.9 Å². The van der Waals surface area contributed by atoms with Gasteiger partial charge in [-0.3, -0.25) is 0 Å². The number of nitrogens with one attached hydrogen (secondary N) is 1. The number of carbonyl (C=O) groups is 1. The summed E-state index contributed by atoms with van der Waals surface area (Å²) in [6, 6.07) is 11.7. The first-order valence-electron chi connectivity index (χ1n) is 6.44. The quantitative estimate of drug-likeness (QED) is 0.829. The highest BCUT2D eigenvalue weighted by molar-refractivity contribution is 7.17. The third-order valence-corrected chi connectivity index (χ3v) is 3.89. The molecule has 2 aromatic rings. The van der Waals surface area contributed by atoms with Gasteiger partial charge in [0.05, 0.1) is 12.3 Å². The average molecular weight is 301 g/mol. The van der Waals surface area contributed by atoms with Crippen LogP contribution in [-0.2, 0) is 11.3 Å². The molecule has 1 aromatic carbocycles. The number of hydrogen-bond donors (Lipinski definition) is 2. The van der Waals surface area contributed by atoms with Crippen molar-refractivity contribution in [3.05, 3.63) is 46.3 Å². The van der Waals surface area contributed by atoms with E-state index >= 15 is 0 Å². The molecule has 1 heterocycles. The third-order valence-electron chi connectivity index (χ3n) is 2.82. The molecule has 0 saturated carbocycles. The number of esters is 1. The highest BCUT2D eigenvalue weighted by atomic mass is 32.1. The van der Waals surface area contributed by atoms with Gasteiger partial charge in [-0.25, -0.2) is 4.79 Å². The van der Waals surface area contributed by atoms with Crippen LogP contribution in [0.2, 0.25) is 0 Å². The molecular weight excluding hydrogens is 286 g/mol. The van der Waals surface area contributed by atoms with Gasteiger partial charge in [0.1, 0.15) is 21.5 Å². The fourth-order valence-electron chi connectivity index (χ4n) is 1.84. The molecule has 0 aliphatic rings. The van der Waals surface area contributed by atoms with Crippen LogP contribution in [0.3, 0.4) is 0 Å². The summed E-state index contributed by atoms with van der Waals surface area (Å²) in [7, 11) is 0. The highest BCUT2D eigenvalue weighted by Crippen LogP contribution is 2.36. The van der Waals surface area contributed by atoms with Gasteiger partial charge in [-0.05, 0) is 12.5 Å². The van der Waals surface area contributed by atoms with E-state index in [2.05, 4.69) is 5.32 Å². The van der Waals surface area contributed by atoms with Gasteiger partial charge in [0.15, 0.2) is 0 Å². The molecule has 3 N–H and O–H groups in total. The fourth-order valence-corrected chi connectivity index (χ4v) is 2.74. The molecule has 0 aliphatic carbocycles. The lowest BCUT2D eigenvalue weighted by atomic mass is 10.2. The Morgan fingerprint density at radius 1 is 1.43 bits per heavy atom. The lowest BCUT2D eigenvalue weighted by Crippen LogP contribution is -2.10. The van der Waals surface area contributed by atoms with Crippen LogP contribution in [-0.4, -0.2) is 12.6 Å². The van der Waals surface area contributed by atoms with Gasteiger partial charge >= 0.3 is 5.97 Å². The number of anilines is 2. The van der Waals surface area contributed by atoms with Crippen molar-refractivity contribution in [1.82, 2.24) is 0 Å². The third kappa shape index (κ3) is 3.33. The van der Waals surface area contributed by atoms with E-state index in [0.29, 0.717) is 16.4 Å². The minimum Gasteiger partial charge on any atom is -0.462 e. The van der Waals surface area contributed by atoms with Crippen molar-refractivity contribution in [1.29, 1.82) is 5.26 Å². The van der Waals surface area contributed by atoms with Crippen LogP contribution in [0.15, 0.2) is 30.3 Å². The molecule has 1 aromatic heterocycles. The van der Waals surface area contributed by atoms with Crippen LogP contribution < -0.4 is 11.1 Å². The monoisotopic (exact) mass is 301 g/mol. The zero-order chi connectivity index (χ0) is 15.2. The molecule has 0 saturated heterocycles. The molecule has 5 nitrogen and oxygen atoms in total. The first-order chi connectivity index (χ1) is 10.2. The average Bonchev–Trinajstić information content (AvgIpc) is 2.82. The van der Waals surface area contributed by atoms with Crippen molar-refractivity contribution < 1.29 is 9.53 Å². The van der Waals surface area contributed by atoms with Crippen LogP contribution in [0, 0.1) is 11.3 Å². The first kappa shape index (κ1) is 14.9. The number of benzene rings is 1. The van der Waals surface area contributed by atoms with Crippen molar-refractivity contribution in [2.45, 2.75) is 13.5 Å². The summed E-state index contributed by atoms with van der Waals surface area (Å²) in [5.41, 5.74) is 7.35. The molecule has 0 fully saturated rings. The summed E-state index contributed by atoms with van der Waals surface area (Å²) in [6.45, 7) is 2.52.